The molecule has 0 spiro atoms. The van der Waals surface area contributed by atoms with E-state index in [1.165, 1.54) is 0 Å². The molecule has 1 atom stereocenters. The lowest BCUT2D eigenvalue weighted by Gasteiger charge is -2.34. The number of nitrogens with zero attached hydrogens (tertiary/aromatic N) is 5. The molecule has 1 aromatic carbocycles. The highest BCUT2D eigenvalue weighted by Crippen LogP contribution is 2.33. The third-order valence-corrected chi connectivity index (χ3v) is 5.19. The first-order valence-electron chi connectivity index (χ1n) is 7.98. The Morgan fingerprint density at radius 3 is 2.88 bits per heavy atom. The molecule has 0 N–H and O–H groups in total. The molecule has 1 fully saturated rings. The van der Waals surface area contributed by atoms with Gasteiger partial charge in [-0.2, -0.15) is 0 Å². The first kappa shape index (κ1) is 15.0. The van der Waals surface area contributed by atoms with Crippen LogP contribution >= 0.6 is 11.3 Å². The van der Waals surface area contributed by atoms with E-state index in [4.69, 9.17) is 0 Å². The van der Waals surface area contributed by atoms with Crippen molar-refractivity contribution in [3.05, 3.63) is 59.1 Å². The van der Waals surface area contributed by atoms with Gasteiger partial charge in [0.2, 0.25) is 0 Å². The van der Waals surface area contributed by atoms with Crippen molar-refractivity contribution in [1.29, 1.82) is 0 Å². The number of rotatable bonds is 3. The lowest BCUT2D eigenvalue weighted by molar-refractivity contribution is 0.0611. The molecule has 3 aromatic rings. The summed E-state index contributed by atoms with van der Waals surface area (Å²) in [7, 11) is 0. The molecule has 6 nitrogen and oxygen atoms in total. The smallest absolute Gasteiger partial charge is 0.254 e. The number of likely N-dealkylation sites (tertiary alicyclic amines) is 1. The second kappa shape index (κ2) is 6.52. The van der Waals surface area contributed by atoms with Gasteiger partial charge in [0.25, 0.3) is 5.91 Å². The Bertz CT molecular complexity index is 815. The average molecular weight is 339 g/mol. The minimum absolute atomic E-state index is 0.0600. The van der Waals surface area contributed by atoms with Gasteiger partial charge in [0.05, 0.1) is 6.04 Å². The Morgan fingerprint density at radius 2 is 2.08 bits per heavy atom. The van der Waals surface area contributed by atoms with Crippen LogP contribution in [0.25, 0.3) is 5.69 Å². The van der Waals surface area contributed by atoms with E-state index in [1.807, 2.05) is 40.7 Å². The van der Waals surface area contributed by atoms with E-state index in [2.05, 4.69) is 15.2 Å². The van der Waals surface area contributed by atoms with Gasteiger partial charge in [0.1, 0.15) is 17.7 Å². The summed E-state index contributed by atoms with van der Waals surface area (Å²) in [5.74, 6) is 0.0600. The van der Waals surface area contributed by atoms with Gasteiger partial charge in [-0.05, 0) is 37.5 Å². The molecule has 7 heteroatoms. The number of carbonyl (C=O) groups excluding carboxylic acids is 1. The summed E-state index contributed by atoms with van der Waals surface area (Å²) >= 11 is 1.62. The predicted octanol–water partition coefficient (Wildman–Crippen LogP) is 3.09. The summed E-state index contributed by atoms with van der Waals surface area (Å²) in [5, 5.41) is 10.6. The Balaban J connectivity index is 1.63. The van der Waals surface area contributed by atoms with Crippen LogP contribution in [-0.2, 0) is 0 Å². The number of hydrogen-bond acceptors (Lipinski definition) is 5. The highest BCUT2D eigenvalue weighted by Gasteiger charge is 2.30. The maximum Gasteiger partial charge on any atom is 0.254 e. The van der Waals surface area contributed by atoms with Crippen molar-refractivity contribution < 1.29 is 4.79 Å². The molecule has 3 heterocycles. The summed E-state index contributed by atoms with van der Waals surface area (Å²) in [4.78, 5) is 19.5. The first-order chi connectivity index (χ1) is 11.8. The molecule has 1 saturated heterocycles. The highest BCUT2D eigenvalue weighted by atomic mass is 32.1. The van der Waals surface area contributed by atoms with Crippen molar-refractivity contribution in [1.82, 2.24) is 24.6 Å². The third kappa shape index (κ3) is 2.82. The number of amides is 1. The zero-order valence-electron chi connectivity index (χ0n) is 13.1. The van der Waals surface area contributed by atoms with Gasteiger partial charge in [-0.15, -0.1) is 21.5 Å². The van der Waals surface area contributed by atoms with Crippen LogP contribution in [-0.4, -0.2) is 37.1 Å². The predicted molar refractivity (Wildman–Crippen MR) is 91.1 cm³/mol. The quantitative estimate of drug-likeness (QED) is 0.735. The fourth-order valence-electron chi connectivity index (χ4n) is 3.13. The van der Waals surface area contributed by atoms with E-state index in [-0.39, 0.29) is 11.9 Å². The van der Waals surface area contributed by atoms with Crippen LogP contribution in [0.15, 0.2) is 48.5 Å². The number of benzene rings is 1. The summed E-state index contributed by atoms with van der Waals surface area (Å²) in [6, 6.07) is 7.67. The maximum atomic E-state index is 13.1. The number of aromatic nitrogens is 4. The molecule has 0 saturated carbocycles. The van der Waals surface area contributed by atoms with Crippen LogP contribution in [0.4, 0.5) is 0 Å². The molecule has 2 aromatic heterocycles. The Morgan fingerprint density at radius 1 is 1.21 bits per heavy atom. The number of carbonyl (C=O) groups is 1. The fourth-order valence-corrected chi connectivity index (χ4v) is 3.91. The lowest BCUT2D eigenvalue weighted by Crippen LogP contribution is -2.38. The summed E-state index contributed by atoms with van der Waals surface area (Å²) in [6.07, 6.45) is 8.22. The average Bonchev–Trinajstić information content (AvgIpc) is 3.35. The molecule has 0 bridgehead atoms. The molecule has 0 unspecified atom stereocenters. The van der Waals surface area contributed by atoms with Crippen LogP contribution in [0.1, 0.15) is 40.7 Å². The molecule has 4 rings (SSSR count). The van der Waals surface area contributed by atoms with Gasteiger partial charge >= 0.3 is 0 Å². The molecule has 0 radical (unpaired) electrons. The standard InChI is InChI=1S/C17H17N5OS/c23-17(13-4-3-5-14(10-13)21-11-19-20-12-21)22-8-2-1-6-15(22)16-18-7-9-24-16/h3-5,7,9-12,15H,1-2,6,8H2/t15-/m1/s1. The molecule has 1 aliphatic heterocycles. The number of hydrogen-bond donors (Lipinski definition) is 0. The topological polar surface area (TPSA) is 63.9 Å². The molecule has 1 aliphatic rings. The van der Waals surface area contributed by atoms with Crippen LogP contribution in [0.5, 0.6) is 0 Å². The van der Waals surface area contributed by atoms with Gasteiger partial charge in [-0.25, -0.2) is 4.98 Å². The van der Waals surface area contributed by atoms with Gasteiger partial charge in [0.15, 0.2) is 0 Å². The first-order valence-corrected chi connectivity index (χ1v) is 8.86. The normalized spacial score (nSPS) is 17.8. The summed E-state index contributed by atoms with van der Waals surface area (Å²) < 4.78 is 1.80. The molecule has 1 amide bonds. The number of piperidine rings is 1. The summed E-state index contributed by atoms with van der Waals surface area (Å²) in [5.41, 5.74) is 1.57. The van der Waals surface area contributed by atoms with Crippen molar-refractivity contribution in [2.24, 2.45) is 0 Å². The monoisotopic (exact) mass is 339 g/mol. The van der Waals surface area contributed by atoms with Crippen molar-refractivity contribution in [3.63, 3.8) is 0 Å². The summed E-state index contributed by atoms with van der Waals surface area (Å²) in [6.45, 7) is 0.778. The SMILES string of the molecule is O=C(c1cccc(-n2cnnc2)c1)N1CCCC[C@@H]1c1nccs1. The van der Waals surface area contributed by atoms with Crippen molar-refractivity contribution >= 4 is 17.2 Å². The zero-order chi connectivity index (χ0) is 16.4. The molecule has 0 aliphatic carbocycles. The Kier molecular flexibility index (Phi) is 4.08. The second-order valence-electron chi connectivity index (χ2n) is 5.80. The molecule has 24 heavy (non-hydrogen) atoms. The van der Waals surface area contributed by atoms with Gasteiger partial charge < -0.3 is 4.90 Å². The van der Waals surface area contributed by atoms with Gasteiger partial charge in [-0.1, -0.05) is 6.07 Å². The second-order valence-corrected chi connectivity index (χ2v) is 6.73. The van der Waals surface area contributed by atoms with Gasteiger partial charge in [-0.3, -0.25) is 9.36 Å². The van der Waals surface area contributed by atoms with Crippen molar-refractivity contribution in [2.45, 2.75) is 25.3 Å². The molecular weight excluding hydrogens is 322 g/mol. The number of thiazole rings is 1. The van der Waals surface area contributed by atoms with Crippen molar-refractivity contribution in [3.8, 4) is 5.69 Å². The van der Waals surface area contributed by atoms with Crippen LogP contribution in [0.3, 0.4) is 0 Å². The Hall–Kier alpha value is -2.54. The maximum absolute atomic E-state index is 13.1. The Labute approximate surface area is 143 Å². The van der Waals surface area contributed by atoms with Crippen molar-refractivity contribution in [2.75, 3.05) is 6.54 Å². The fraction of sp³-hybridized carbons (Fsp3) is 0.294. The molecule has 122 valence electrons. The molecular formula is C17H17N5OS. The van der Waals surface area contributed by atoms with E-state index < -0.39 is 0 Å². The van der Waals surface area contributed by atoms with Gasteiger partial charge in [0, 0.05) is 29.4 Å². The van der Waals surface area contributed by atoms with E-state index in [0.717, 1.165) is 36.5 Å². The minimum atomic E-state index is 0.0600. The lowest BCUT2D eigenvalue weighted by atomic mass is 10.0. The largest absolute Gasteiger partial charge is 0.329 e. The van der Waals surface area contributed by atoms with Crippen LogP contribution in [0, 0.1) is 0 Å². The zero-order valence-corrected chi connectivity index (χ0v) is 13.9. The minimum Gasteiger partial charge on any atom is -0.329 e. The van der Waals surface area contributed by atoms with E-state index >= 15 is 0 Å². The third-order valence-electron chi connectivity index (χ3n) is 4.31. The van der Waals surface area contributed by atoms with E-state index in [1.54, 1.807) is 28.6 Å². The van der Waals surface area contributed by atoms with Crippen LogP contribution in [0.2, 0.25) is 0 Å². The van der Waals surface area contributed by atoms with Crippen LogP contribution < -0.4 is 0 Å². The van der Waals surface area contributed by atoms with E-state index in [0.29, 0.717) is 5.56 Å². The van der Waals surface area contributed by atoms with E-state index in [9.17, 15) is 4.79 Å². The highest BCUT2D eigenvalue weighted by molar-refractivity contribution is 7.09.